The van der Waals surface area contributed by atoms with Crippen LogP contribution in [-0.4, -0.2) is 23.4 Å². The first-order valence-corrected chi connectivity index (χ1v) is 6.98. The van der Waals surface area contributed by atoms with E-state index in [-0.39, 0.29) is 5.91 Å². The summed E-state index contributed by atoms with van der Waals surface area (Å²) >= 11 is 3.82. The summed E-state index contributed by atoms with van der Waals surface area (Å²) in [5.41, 5.74) is 1.87. The second kappa shape index (κ2) is 5.18. The summed E-state index contributed by atoms with van der Waals surface area (Å²) in [7, 11) is 0. The molecule has 0 bridgehead atoms. The van der Waals surface area contributed by atoms with E-state index in [9.17, 15) is 4.79 Å². The molecule has 5 heteroatoms. The zero-order chi connectivity index (χ0) is 11.5. The highest BCUT2D eigenvalue weighted by molar-refractivity contribution is 14.1. The molecule has 0 atom stereocenters. The maximum absolute atomic E-state index is 11.9. The van der Waals surface area contributed by atoms with E-state index in [1.54, 1.807) is 11.8 Å². The van der Waals surface area contributed by atoms with Crippen LogP contribution < -0.4 is 5.32 Å². The van der Waals surface area contributed by atoms with E-state index in [0.29, 0.717) is 5.56 Å². The zero-order valence-electron chi connectivity index (χ0n) is 8.79. The molecule has 0 saturated carbocycles. The number of hydrogen-bond acceptors (Lipinski definition) is 3. The molecule has 1 aliphatic heterocycles. The van der Waals surface area contributed by atoms with Gasteiger partial charge in [-0.1, -0.05) is 17.8 Å². The topological polar surface area (TPSA) is 41.5 Å². The van der Waals surface area contributed by atoms with Gasteiger partial charge >= 0.3 is 0 Å². The number of nitrogens with zero attached hydrogens (tertiary/aromatic N) is 1. The van der Waals surface area contributed by atoms with Crippen LogP contribution in [0.2, 0.25) is 0 Å². The lowest BCUT2D eigenvalue weighted by molar-refractivity contribution is 0.0978. The number of nitrogens with one attached hydrogen (secondary N) is 1. The molecule has 0 radical (unpaired) electrons. The Bertz CT molecular complexity index is 459. The van der Waals surface area contributed by atoms with Crippen molar-refractivity contribution in [2.75, 3.05) is 12.3 Å². The van der Waals surface area contributed by atoms with Crippen molar-refractivity contribution in [1.29, 1.82) is 0 Å². The first kappa shape index (κ1) is 11.9. The maximum atomic E-state index is 11.9. The lowest BCUT2D eigenvalue weighted by Gasteiger charge is -2.05. The second-order valence-electron chi connectivity index (χ2n) is 3.45. The average molecular weight is 346 g/mol. The molecule has 0 aromatic heterocycles. The van der Waals surface area contributed by atoms with E-state index in [2.05, 4.69) is 32.9 Å². The van der Waals surface area contributed by atoms with Crippen molar-refractivity contribution in [3.8, 4) is 0 Å². The molecule has 16 heavy (non-hydrogen) atoms. The number of halogens is 1. The van der Waals surface area contributed by atoms with Crippen LogP contribution in [0, 0.1) is 10.5 Å². The molecule has 1 aliphatic rings. The molecule has 2 rings (SSSR count). The van der Waals surface area contributed by atoms with Crippen LogP contribution in [0.3, 0.4) is 0 Å². The third-order valence-corrected chi connectivity index (χ3v) is 4.29. The largest absolute Gasteiger partial charge is 0.301 e. The summed E-state index contributed by atoms with van der Waals surface area (Å²) in [6.45, 7) is 2.83. The molecule has 84 valence electrons. The van der Waals surface area contributed by atoms with Gasteiger partial charge in [-0.05, 0) is 47.2 Å². The van der Waals surface area contributed by atoms with E-state index in [4.69, 9.17) is 0 Å². The van der Waals surface area contributed by atoms with Crippen LogP contribution >= 0.6 is 34.4 Å². The number of amidine groups is 1. The standard InChI is InChI=1S/C11H11IN2OS/c1-7-2-3-8(6-9(7)12)10(15)14-11-13-4-5-16-11/h2-3,6H,4-5H2,1H3,(H,13,14,15). The Morgan fingerprint density at radius 2 is 2.38 bits per heavy atom. The Kier molecular flexibility index (Phi) is 3.86. The van der Waals surface area contributed by atoms with Crippen molar-refractivity contribution in [3.05, 3.63) is 32.9 Å². The number of thioether (sulfide) groups is 1. The molecule has 1 N–H and O–H groups in total. The normalized spacial score (nSPS) is 14.8. The highest BCUT2D eigenvalue weighted by Crippen LogP contribution is 2.14. The maximum Gasteiger partial charge on any atom is 0.257 e. The number of amides is 1. The van der Waals surface area contributed by atoms with E-state index < -0.39 is 0 Å². The number of rotatable bonds is 1. The molecular weight excluding hydrogens is 335 g/mol. The summed E-state index contributed by atoms with van der Waals surface area (Å²) in [4.78, 5) is 16.0. The van der Waals surface area contributed by atoms with E-state index in [1.165, 1.54) is 5.56 Å². The summed E-state index contributed by atoms with van der Waals surface area (Å²) in [6.07, 6.45) is 0. The quantitative estimate of drug-likeness (QED) is 0.794. The fraction of sp³-hybridized carbons (Fsp3) is 0.273. The van der Waals surface area contributed by atoms with Gasteiger partial charge in [0, 0.05) is 14.9 Å². The first-order valence-electron chi connectivity index (χ1n) is 4.91. The first-order chi connectivity index (χ1) is 7.66. The van der Waals surface area contributed by atoms with Gasteiger partial charge in [-0.3, -0.25) is 9.79 Å². The van der Waals surface area contributed by atoms with Crippen LogP contribution in [0.1, 0.15) is 15.9 Å². The number of aliphatic imine (C=N–C) groups is 1. The predicted molar refractivity (Wildman–Crippen MR) is 76.1 cm³/mol. The number of hydrogen-bond donors (Lipinski definition) is 1. The van der Waals surface area contributed by atoms with Gasteiger partial charge in [-0.2, -0.15) is 0 Å². The summed E-state index contributed by atoms with van der Waals surface area (Å²) < 4.78 is 1.10. The number of carbonyl (C=O) groups is 1. The molecule has 1 heterocycles. The van der Waals surface area contributed by atoms with Crippen LogP contribution in [0.25, 0.3) is 0 Å². The third-order valence-electron chi connectivity index (χ3n) is 2.24. The lowest BCUT2D eigenvalue weighted by Crippen LogP contribution is -2.27. The fourth-order valence-corrected chi connectivity index (χ4v) is 2.55. The Morgan fingerprint density at radius 1 is 1.56 bits per heavy atom. The molecule has 0 fully saturated rings. The lowest BCUT2D eigenvalue weighted by atomic mass is 10.1. The third kappa shape index (κ3) is 2.76. The van der Waals surface area contributed by atoms with Gasteiger partial charge in [0.05, 0.1) is 6.54 Å². The highest BCUT2D eigenvalue weighted by atomic mass is 127. The van der Waals surface area contributed by atoms with Crippen LogP contribution in [-0.2, 0) is 0 Å². The van der Waals surface area contributed by atoms with E-state index in [0.717, 1.165) is 21.0 Å². The molecule has 0 aliphatic carbocycles. The second-order valence-corrected chi connectivity index (χ2v) is 5.70. The van der Waals surface area contributed by atoms with Crippen LogP contribution in [0.5, 0.6) is 0 Å². The van der Waals surface area contributed by atoms with Crippen molar-refractivity contribution in [2.45, 2.75) is 6.92 Å². The van der Waals surface area contributed by atoms with Crippen molar-refractivity contribution in [2.24, 2.45) is 4.99 Å². The Balaban J connectivity index is 2.11. The molecule has 0 unspecified atom stereocenters. The van der Waals surface area contributed by atoms with Gasteiger partial charge in [0.25, 0.3) is 5.91 Å². The molecule has 1 amide bonds. The van der Waals surface area contributed by atoms with Gasteiger partial charge in [0.1, 0.15) is 0 Å². The van der Waals surface area contributed by atoms with Crippen molar-refractivity contribution in [1.82, 2.24) is 5.32 Å². The molecule has 0 saturated heterocycles. The average Bonchev–Trinajstić information content (AvgIpc) is 2.74. The number of aryl methyl sites for hydroxylation is 1. The monoisotopic (exact) mass is 346 g/mol. The molecule has 1 aromatic rings. The van der Waals surface area contributed by atoms with E-state index in [1.807, 2.05) is 25.1 Å². The van der Waals surface area contributed by atoms with Crippen molar-refractivity contribution >= 4 is 45.4 Å². The molecular formula is C11H11IN2OS. The summed E-state index contributed by atoms with van der Waals surface area (Å²) in [5, 5.41) is 3.55. The number of benzene rings is 1. The summed E-state index contributed by atoms with van der Waals surface area (Å²) in [5.74, 6) is 0.882. The van der Waals surface area contributed by atoms with Gasteiger partial charge in [-0.15, -0.1) is 0 Å². The minimum absolute atomic E-state index is 0.0777. The fourth-order valence-electron chi connectivity index (χ4n) is 1.31. The smallest absolute Gasteiger partial charge is 0.257 e. The summed E-state index contributed by atoms with van der Waals surface area (Å²) in [6, 6.07) is 5.69. The molecule has 0 spiro atoms. The highest BCUT2D eigenvalue weighted by Gasteiger charge is 2.12. The van der Waals surface area contributed by atoms with Gasteiger partial charge < -0.3 is 5.32 Å². The van der Waals surface area contributed by atoms with Gasteiger partial charge in [0.2, 0.25) is 0 Å². The SMILES string of the molecule is Cc1ccc(C(=O)NC2=NCCS2)cc1I. The predicted octanol–water partition coefficient (Wildman–Crippen LogP) is 2.43. The minimum atomic E-state index is -0.0777. The van der Waals surface area contributed by atoms with Gasteiger partial charge in [0.15, 0.2) is 5.17 Å². The van der Waals surface area contributed by atoms with Crippen LogP contribution in [0.15, 0.2) is 23.2 Å². The van der Waals surface area contributed by atoms with Gasteiger partial charge in [-0.25, -0.2) is 0 Å². The van der Waals surface area contributed by atoms with E-state index >= 15 is 0 Å². The van der Waals surface area contributed by atoms with Crippen LogP contribution in [0.4, 0.5) is 0 Å². The Labute approximate surface area is 112 Å². The Morgan fingerprint density at radius 3 is 3.00 bits per heavy atom. The molecule has 1 aromatic carbocycles. The molecule has 3 nitrogen and oxygen atoms in total. The Hall–Kier alpha value is -0.560. The minimum Gasteiger partial charge on any atom is -0.301 e. The van der Waals surface area contributed by atoms with Crippen molar-refractivity contribution in [3.63, 3.8) is 0 Å². The number of carbonyl (C=O) groups excluding carboxylic acids is 1. The zero-order valence-corrected chi connectivity index (χ0v) is 11.8. The van der Waals surface area contributed by atoms with Crippen molar-refractivity contribution < 1.29 is 4.79 Å².